The molecule has 1 aliphatic rings. The van der Waals surface area contributed by atoms with Gasteiger partial charge in [-0.05, 0) is 43.2 Å². The van der Waals surface area contributed by atoms with E-state index in [-0.39, 0.29) is 11.8 Å². The van der Waals surface area contributed by atoms with E-state index in [9.17, 15) is 9.18 Å². The van der Waals surface area contributed by atoms with Crippen LogP contribution in [0.25, 0.3) is 16.7 Å². The standard InChI is InChI=1S/C28H32FN7O/c1-3-4-14-30-28(37)35-17-15-34(16-18-35)26-25-20(2)33-36(23-12-10-22(29)11-13-23)27(25)32-24(31-26)19-21-8-6-5-7-9-21/h5-13H,3-4,14-19H2,1-2H3,(H,30,37). The number of piperazine rings is 1. The number of hydrogen-bond donors (Lipinski definition) is 1. The number of aromatic nitrogens is 4. The van der Waals surface area contributed by atoms with Gasteiger partial charge < -0.3 is 15.1 Å². The summed E-state index contributed by atoms with van der Waals surface area (Å²) in [7, 11) is 0. The van der Waals surface area contributed by atoms with Crippen LogP contribution in [0.15, 0.2) is 54.6 Å². The van der Waals surface area contributed by atoms with Gasteiger partial charge in [0.1, 0.15) is 17.5 Å². The van der Waals surface area contributed by atoms with Gasteiger partial charge in [0.25, 0.3) is 0 Å². The van der Waals surface area contributed by atoms with E-state index in [1.807, 2.05) is 30.0 Å². The van der Waals surface area contributed by atoms with Crippen molar-refractivity contribution >= 4 is 22.9 Å². The SMILES string of the molecule is CCCCNC(=O)N1CCN(c2nc(Cc3ccccc3)nc3c2c(C)nn3-c2ccc(F)cc2)CC1. The largest absolute Gasteiger partial charge is 0.352 e. The van der Waals surface area contributed by atoms with Gasteiger partial charge in [0.05, 0.1) is 16.8 Å². The van der Waals surface area contributed by atoms with E-state index in [1.54, 1.807) is 16.8 Å². The normalized spacial score (nSPS) is 13.8. The molecule has 2 aromatic heterocycles. The van der Waals surface area contributed by atoms with Crippen LogP contribution in [-0.4, -0.2) is 63.4 Å². The second-order valence-corrected chi connectivity index (χ2v) is 9.36. The number of aryl methyl sites for hydroxylation is 1. The number of carbonyl (C=O) groups excluding carboxylic acids is 1. The van der Waals surface area contributed by atoms with Crippen molar-refractivity contribution in [1.82, 2.24) is 30.0 Å². The minimum Gasteiger partial charge on any atom is -0.352 e. The van der Waals surface area contributed by atoms with E-state index in [0.717, 1.165) is 41.0 Å². The summed E-state index contributed by atoms with van der Waals surface area (Å²) in [6.07, 6.45) is 2.61. The highest BCUT2D eigenvalue weighted by molar-refractivity contribution is 5.91. The van der Waals surface area contributed by atoms with E-state index >= 15 is 0 Å². The van der Waals surface area contributed by atoms with Crippen LogP contribution in [0.2, 0.25) is 0 Å². The molecule has 0 atom stereocenters. The predicted molar refractivity (Wildman–Crippen MR) is 143 cm³/mol. The Kier molecular flexibility index (Phi) is 7.30. The van der Waals surface area contributed by atoms with Crippen molar-refractivity contribution in [1.29, 1.82) is 0 Å². The number of halogens is 1. The van der Waals surface area contributed by atoms with E-state index in [0.29, 0.717) is 50.6 Å². The fraction of sp³-hybridized carbons (Fsp3) is 0.357. The number of nitrogens with zero attached hydrogens (tertiary/aromatic N) is 6. The van der Waals surface area contributed by atoms with Crippen molar-refractivity contribution in [2.45, 2.75) is 33.1 Å². The zero-order valence-electron chi connectivity index (χ0n) is 21.3. The van der Waals surface area contributed by atoms with Crippen molar-refractivity contribution in [3.8, 4) is 5.69 Å². The number of anilines is 1. The molecule has 5 rings (SSSR count). The van der Waals surface area contributed by atoms with Gasteiger partial charge in [-0.1, -0.05) is 43.7 Å². The van der Waals surface area contributed by atoms with Crippen LogP contribution >= 0.6 is 0 Å². The van der Waals surface area contributed by atoms with Crippen LogP contribution in [0.1, 0.15) is 36.8 Å². The van der Waals surface area contributed by atoms with Crippen molar-refractivity contribution in [3.63, 3.8) is 0 Å². The molecule has 2 aromatic carbocycles. The molecule has 0 radical (unpaired) electrons. The monoisotopic (exact) mass is 501 g/mol. The maximum atomic E-state index is 13.6. The van der Waals surface area contributed by atoms with Crippen LogP contribution in [-0.2, 0) is 6.42 Å². The highest BCUT2D eigenvalue weighted by Gasteiger charge is 2.26. The van der Waals surface area contributed by atoms with E-state index in [4.69, 9.17) is 15.1 Å². The molecule has 0 spiro atoms. The molecule has 0 bridgehead atoms. The summed E-state index contributed by atoms with van der Waals surface area (Å²) in [5.74, 6) is 1.22. The summed E-state index contributed by atoms with van der Waals surface area (Å²) in [6.45, 7) is 7.32. The molecule has 4 aromatic rings. The van der Waals surface area contributed by atoms with Gasteiger partial charge in [-0.15, -0.1) is 0 Å². The average Bonchev–Trinajstić information content (AvgIpc) is 3.25. The fourth-order valence-electron chi connectivity index (χ4n) is 4.66. The molecule has 0 unspecified atom stereocenters. The molecule has 3 heterocycles. The Bertz CT molecular complexity index is 1360. The lowest BCUT2D eigenvalue weighted by atomic mass is 10.1. The first-order valence-corrected chi connectivity index (χ1v) is 12.9. The van der Waals surface area contributed by atoms with Crippen molar-refractivity contribution < 1.29 is 9.18 Å². The topological polar surface area (TPSA) is 79.2 Å². The number of unbranched alkanes of at least 4 members (excludes halogenated alkanes) is 1. The lowest BCUT2D eigenvalue weighted by Crippen LogP contribution is -2.52. The third kappa shape index (κ3) is 5.40. The van der Waals surface area contributed by atoms with E-state index < -0.39 is 0 Å². The summed E-state index contributed by atoms with van der Waals surface area (Å²) >= 11 is 0. The Hall–Kier alpha value is -4.01. The number of hydrogen-bond acceptors (Lipinski definition) is 5. The summed E-state index contributed by atoms with van der Waals surface area (Å²) in [5.41, 5.74) is 3.36. The Morgan fingerprint density at radius 3 is 2.43 bits per heavy atom. The fourth-order valence-corrected chi connectivity index (χ4v) is 4.66. The quantitative estimate of drug-likeness (QED) is 0.378. The Labute approximate surface area is 216 Å². The molecule has 192 valence electrons. The summed E-state index contributed by atoms with van der Waals surface area (Å²) in [5, 5.41) is 8.66. The molecule has 2 amide bonds. The van der Waals surface area contributed by atoms with Gasteiger partial charge in [0, 0.05) is 39.1 Å². The lowest BCUT2D eigenvalue weighted by Gasteiger charge is -2.35. The average molecular weight is 502 g/mol. The first-order valence-electron chi connectivity index (χ1n) is 12.9. The number of nitrogens with one attached hydrogen (secondary N) is 1. The van der Waals surface area contributed by atoms with Crippen molar-refractivity contribution in [3.05, 3.63) is 77.5 Å². The van der Waals surface area contributed by atoms with E-state index in [1.165, 1.54) is 12.1 Å². The number of benzene rings is 2. The molecular weight excluding hydrogens is 469 g/mol. The number of rotatable bonds is 7. The van der Waals surface area contributed by atoms with Crippen molar-refractivity contribution in [2.24, 2.45) is 0 Å². The van der Waals surface area contributed by atoms with Crippen LogP contribution in [0.3, 0.4) is 0 Å². The maximum absolute atomic E-state index is 13.6. The highest BCUT2D eigenvalue weighted by Crippen LogP contribution is 2.30. The number of urea groups is 1. The summed E-state index contributed by atoms with van der Waals surface area (Å²) < 4.78 is 15.4. The van der Waals surface area contributed by atoms with Crippen LogP contribution in [0.5, 0.6) is 0 Å². The smallest absolute Gasteiger partial charge is 0.317 e. The van der Waals surface area contributed by atoms with Gasteiger partial charge >= 0.3 is 6.03 Å². The van der Waals surface area contributed by atoms with Gasteiger partial charge in [-0.2, -0.15) is 5.10 Å². The minimum atomic E-state index is -0.298. The molecule has 8 nitrogen and oxygen atoms in total. The second-order valence-electron chi connectivity index (χ2n) is 9.36. The zero-order chi connectivity index (χ0) is 25.8. The number of carbonyl (C=O) groups is 1. The van der Waals surface area contributed by atoms with Crippen LogP contribution in [0, 0.1) is 12.7 Å². The third-order valence-corrected chi connectivity index (χ3v) is 6.68. The predicted octanol–water partition coefficient (Wildman–Crippen LogP) is 4.49. The third-order valence-electron chi connectivity index (χ3n) is 6.68. The summed E-state index contributed by atoms with van der Waals surface area (Å²) in [4.78, 5) is 26.6. The van der Waals surface area contributed by atoms with Gasteiger partial charge in [0.2, 0.25) is 0 Å². The van der Waals surface area contributed by atoms with Gasteiger partial charge in [0.15, 0.2) is 5.65 Å². The van der Waals surface area contributed by atoms with Crippen LogP contribution in [0.4, 0.5) is 15.0 Å². The Morgan fingerprint density at radius 1 is 1.00 bits per heavy atom. The molecule has 1 saturated heterocycles. The Balaban J connectivity index is 1.49. The molecule has 0 saturated carbocycles. The first-order chi connectivity index (χ1) is 18.0. The first kappa shape index (κ1) is 24.7. The molecular formula is C28H32FN7O. The number of amides is 2. The van der Waals surface area contributed by atoms with Gasteiger partial charge in [-0.3, -0.25) is 0 Å². The Morgan fingerprint density at radius 2 is 1.73 bits per heavy atom. The zero-order valence-corrected chi connectivity index (χ0v) is 21.3. The molecule has 1 aliphatic heterocycles. The molecule has 1 fully saturated rings. The number of fused-ring (bicyclic) bond motifs is 1. The van der Waals surface area contributed by atoms with Gasteiger partial charge in [-0.25, -0.2) is 23.8 Å². The minimum absolute atomic E-state index is 0.00832. The molecule has 37 heavy (non-hydrogen) atoms. The molecule has 9 heteroatoms. The second kappa shape index (κ2) is 10.9. The molecule has 1 N–H and O–H groups in total. The van der Waals surface area contributed by atoms with Crippen molar-refractivity contribution in [2.75, 3.05) is 37.6 Å². The lowest BCUT2D eigenvalue weighted by molar-refractivity contribution is 0.194. The molecule has 0 aliphatic carbocycles. The maximum Gasteiger partial charge on any atom is 0.317 e. The van der Waals surface area contributed by atoms with Crippen LogP contribution < -0.4 is 10.2 Å². The summed E-state index contributed by atoms with van der Waals surface area (Å²) in [6, 6.07) is 16.4. The van der Waals surface area contributed by atoms with E-state index in [2.05, 4.69) is 29.3 Å². The highest BCUT2D eigenvalue weighted by atomic mass is 19.1.